The van der Waals surface area contributed by atoms with Gasteiger partial charge in [0, 0.05) is 6.54 Å². The molecular formula is C15H17NO7S. The molecule has 1 aliphatic rings. The Morgan fingerprint density at radius 1 is 1.12 bits per heavy atom. The molecule has 1 saturated heterocycles. The maximum Gasteiger partial charge on any atom is 0.256 e. The quantitative estimate of drug-likeness (QED) is 0.862. The summed E-state index contributed by atoms with van der Waals surface area (Å²) in [7, 11) is -0.705. The second-order valence-electron chi connectivity index (χ2n) is 5.21. The molecule has 1 fully saturated rings. The van der Waals surface area contributed by atoms with E-state index in [-0.39, 0.29) is 29.5 Å². The molecule has 2 heterocycles. The molecule has 0 amide bonds. The lowest BCUT2D eigenvalue weighted by atomic mass is 10.1. The molecule has 1 aromatic heterocycles. The van der Waals surface area contributed by atoms with E-state index in [0.29, 0.717) is 17.9 Å². The number of rotatable bonds is 4. The summed E-state index contributed by atoms with van der Waals surface area (Å²) in [6.45, 7) is 0.172. The largest absolute Gasteiger partial charge is 0.502 e. The van der Waals surface area contributed by atoms with Crippen LogP contribution in [0.3, 0.4) is 0 Å². The fraction of sp³-hybridized carbons (Fsp3) is 0.333. The van der Waals surface area contributed by atoms with Crippen LogP contribution in [-0.4, -0.2) is 45.1 Å². The lowest BCUT2D eigenvalue weighted by Gasteiger charge is -2.13. The Hall–Kier alpha value is -2.55. The Morgan fingerprint density at radius 3 is 2.25 bits per heavy atom. The summed E-state index contributed by atoms with van der Waals surface area (Å²) >= 11 is 0. The first-order valence-corrected chi connectivity index (χ1v) is 8.78. The predicted molar refractivity (Wildman–Crippen MR) is 86.3 cm³/mol. The molecule has 0 spiro atoms. The first kappa shape index (κ1) is 16.3. The van der Waals surface area contributed by atoms with E-state index in [4.69, 9.17) is 13.9 Å². The van der Waals surface area contributed by atoms with E-state index in [0.717, 1.165) is 4.31 Å². The number of nitrogens with zero attached hydrogens (tertiary/aromatic N) is 1. The number of hydrogen-bond donors (Lipinski definition) is 2. The van der Waals surface area contributed by atoms with Gasteiger partial charge in [-0.1, -0.05) is 6.07 Å². The SMILES string of the molecule is COc1cccc(OC)c1-c1oc(N2CCCS2(=O)=O)c(O)c1O. The minimum absolute atomic E-state index is 0.0405. The second kappa shape index (κ2) is 5.82. The van der Waals surface area contributed by atoms with E-state index < -0.39 is 21.5 Å². The van der Waals surface area contributed by atoms with Gasteiger partial charge >= 0.3 is 0 Å². The van der Waals surface area contributed by atoms with Gasteiger partial charge in [0.1, 0.15) is 17.1 Å². The van der Waals surface area contributed by atoms with Gasteiger partial charge in [0.15, 0.2) is 5.76 Å². The van der Waals surface area contributed by atoms with E-state index in [2.05, 4.69) is 0 Å². The van der Waals surface area contributed by atoms with Gasteiger partial charge < -0.3 is 24.1 Å². The molecule has 8 nitrogen and oxygen atoms in total. The van der Waals surface area contributed by atoms with Crippen molar-refractivity contribution in [2.45, 2.75) is 6.42 Å². The smallest absolute Gasteiger partial charge is 0.256 e. The van der Waals surface area contributed by atoms with Crippen molar-refractivity contribution in [1.29, 1.82) is 0 Å². The van der Waals surface area contributed by atoms with E-state index in [1.807, 2.05) is 0 Å². The molecule has 9 heteroatoms. The van der Waals surface area contributed by atoms with Crippen LogP contribution in [0.2, 0.25) is 0 Å². The van der Waals surface area contributed by atoms with Crippen molar-refractivity contribution in [3.05, 3.63) is 18.2 Å². The molecule has 0 bridgehead atoms. The fourth-order valence-electron chi connectivity index (χ4n) is 2.68. The van der Waals surface area contributed by atoms with Crippen molar-refractivity contribution in [2.24, 2.45) is 0 Å². The average Bonchev–Trinajstić information content (AvgIpc) is 3.06. The predicted octanol–water partition coefficient (Wildman–Crippen LogP) is 1.91. The number of benzene rings is 1. The molecule has 24 heavy (non-hydrogen) atoms. The summed E-state index contributed by atoms with van der Waals surface area (Å²) in [6.07, 6.45) is 0.413. The third-order valence-corrected chi connectivity index (χ3v) is 5.65. The van der Waals surface area contributed by atoms with Gasteiger partial charge in [0.2, 0.25) is 21.5 Å². The molecule has 0 saturated carbocycles. The molecule has 0 aliphatic carbocycles. The van der Waals surface area contributed by atoms with Gasteiger partial charge in [0.25, 0.3) is 5.88 Å². The number of furan rings is 1. The molecule has 130 valence electrons. The number of sulfonamides is 1. The van der Waals surface area contributed by atoms with Crippen molar-refractivity contribution < 1.29 is 32.5 Å². The Morgan fingerprint density at radius 2 is 1.75 bits per heavy atom. The highest BCUT2D eigenvalue weighted by Crippen LogP contribution is 2.52. The highest BCUT2D eigenvalue weighted by atomic mass is 32.2. The summed E-state index contributed by atoms with van der Waals surface area (Å²) in [4.78, 5) is 0. The van der Waals surface area contributed by atoms with Crippen molar-refractivity contribution in [3.63, 3.8) is 0 Å². The van der Waals surface area contributed by atoms with E-state index in [9.17, 15) is 18.6 Å². The fourth-order valence-corrected chi connectivity index (χ4v) is 4.18. The topological polar surface area (TPSA) is 109 Å². The average molecular weight is 355 g/mol. The molecular weight excluding hydrogens is 338 g/mol. The van der Waals surface area contributed by atoms with Gasteiger partial charge in [-0.15, -0.1) is 0 Å². The summed E-state index contributed by atoms with van der Waals surface area (Å²) in [6, 6.07) is 4.94. The molecule has 1 aromatic carbocycles. The molecule has 0 radical (unpaired) electrons. The van der Waals surface area contributed by atoms with Crippen LogP contribution in [0.1, 0.15) is 6.42 Å². The van der Waals surface area contributed by atoms with Crippen LogP contribution >= 0.6 is 0 Å². The van der Waals surface area contributed by atoms with Crippen LogP contribution in [0.5, 0.6) is 23.0 Å². The van der Waals surface area contributed by atoms with Crippen LogP contribution in [0.15, 0.2) is 22.6 Å². The zero-order valence-electron chi connectivity index (χ0n) is 13.1. The maximum absolute atomic E-state index is 12.0. The Bertz CT molecular complexity index is 850. The monoisotopic (exact) mass is 355 g/mol. The van der Waals surface area contributed by atoms with Crippen molar-refractivity contribution >= 4 is 15.9 Å². The van der Waals surface area contributed by atoms with Gasteiger partial charge in [-0.25, -0.2) is 12.7 Å². The van der Waals surface area contributed by atoms with E-state index >= 15 is 0 Å². The standard InChI is InChI=1S/C15H17NO7S/c1-21-9-5-3-6-10(22-2)11(9)14-12(17)13(18)15(23-14)16-7-4-8-24(16,19)20/h3,5-6,17-18H,4,7-8H2,1-2H3. The van der Waals surface area contributed by atoms with E-state index in [1.165, 1.54) is 14.2 Å². The van der Waals surface area contributed by atoms with Crippen LogP contribution < -0.4 is 13.8 Å². The van der Waals surface area contributed by atoms with Crippen LogP contribution in [-0.2, 0) is 10.0 Å². The lowest BCUT2D eigenvalue weighted by molar-refractivity contribution is 0.391. The number of methoxy groups -OCH3 is 2. The van der Waals surface area contributed by atoms with Gasteiger partial charge in [0.05, 0.1) is 20.0 Å². The van der Waals surface area contributed by atoms with Crippen molar-refractivity contribution in [2.75, 3.05) is 30.8 Å². The van der Waals surface area contributed by atoms with Gasteiger partial charge in [-0.2, -0.15) is 0 Å². The molecule has 3 rings (SSSR count). The highest BCUT2D eigenvalue weighted by Gasteiger charge is 2.36. The zero-order valence-corrected chi connectivity index (χ0v) is 14.0. The normalized spacial score (nSPS) is 16.3. The summed E-state index contributed by atoms with van der Waals surface area (Å²) in [5, 5.41) is 20.4. The first-order valence-electron chi connectivity index (χ1n) is 7.17. The minimum Gasteiger partial charge on any atom is -0.502 e. The minimum atomic E-state index is -3.57. The van der Waals surface area contributed by atoms with Gasteiger partial charge in [-0.3, -0.25) is 0 Å². The number of ether oxygens (including phenoxy) is 2. The summed E-state index contributed by atoms with van der Waals surface area (Å²) in [5.41, 5.74) is 0.276. The van der Waals surface area contributed by atoms with Crippen molar-refractivity contribution in [3.8, 4) is 34.3 Å². The molecule has 0 atom stereocenters. The maximum atomic E-state index is 12.0. The lowest BCUT2D eigenvalue weighted by Crippen LogP contribution is -2.24. The first-order chi connectivity index (χ1) is 11.4. The Labute approximate surface area is 138 Å². The third kappa shape index (κ3) is 2.41. The number of anilines is 1. The zero-order chi connectivity index (χ0) is 17.5. The summed E-state index contributed by atoms with van der Waals surface area (Å²) < 4.78 is 41.1. The summed E-state index contributed by atoms with van der Waals surface area (Å²) in [5.74, 6) is -1.00. The Kier molecular flexibility index (Phi) is 3.96. The van der Waals surface area contributed by atoms with Crippen molar-refractivity contribution in [1.82, 2.24) is 0 Å². The molecule has 0 unspecified atom stereocenters. The van der Waals surface area contributed by atoms with Crippen LogP contribution in [0.4, 0.5) is 5.88 Å². The number of aromatic hydroxyl groups is 2. The molecule has 2 aromatic rings. The number of hydrogen-bond acceptors (Lipinski definition) is 7. The van der Waals surface area contributed by atoms with Crippen LogP contribution in [0.25, 0.3) is 11.3 Å². The van der Waals surface area contributed by atoms with E-state index in [1.54, 1.807) is 18.2 Å². The highest BCUT2D eigenvalue weighted by molar-refractivity contribution is 7.93. The molecule has 2 N–H and O–H groups in total. The third-order valence-electron chi connectivity index (χ3n) is 3.82. The van der Waals surface area contributed by atoms with Crippen LogP contribution in [0, 0.1) is 0 Å². The molecule has 1 aliphatic heterocycles. The Balaban J connectivity index is 2.20. The second-order valence-corrected chi connectivity index (χ2v) is 7.23. The van der Waals surface area contributed by atoms with Gasteiger partial charge in [-0.05, 0) is 18.6 Å².